The number of likely N-dealkylation sites (tertiary alicyclic amines) is 1. The number of hydrogen-bond acceptors (Lipinski definition) is 3. The average Bonchev–Trinajstić information content (AvgIpc) is 2.70. The van der Waals surface area contributed by atoms with E-state index < -0.39 is 0 Å². The van der Waals surface area contributed by atoms with Gasteiger partial charge in [-0.15, -0.1) is 0 Å². The van der Waals surface area contributed by atoms with Crippen molar-refractivity contribution in [3.63, 3.8) is 0 Å². The van der Waals surface area contributed by atoms with Crippen molar-refractivity contribution in [2.45, 2.75) is 25.8 Å². The summed E-state index contributed by atoms with van der Waals surface area (Å²) in [7, 11) is 0. The Morgan fingerprint density at radius 3 is 2.33 bits per heavy atom. The van der Waals surface area contributed by atoms with E-state index in [1.807, 2.05) is 6.07 Å². The molecule has 0 N–H and O–H groups in total. The summed E-state index contributed by atoms with van der Waals surface area (Å²) < 4.78 is 0. The van der Waals surface area contributed by atoms with Crippen molar-refractivity contribution in [1.29, 1.82) is 0 Å². The van der Waals surface area contributed by atoms with Crippen LogP contribution in [-0.4, -0.2) is 34.8 Å². The first kappa shape index (κ1) is 11.4. The molecule has 0 bridgehead atoms. The minimum atomic E-state index is -0.0288. The number of rotatable bonds is 2. The fourth-order valence-electron chi connectivity index (χ4n) is 2.66. The Morgan fingerprint density at radius 1 is 0.944 bits per heavy atom. The van der Waals surface area contributed by atoms with Crippen LogP contribution in [0.2, 0.25) is 0 Å². The van der Waals surface area contributed by atoms with Crippen LogP contribution >= 0.6 is 0 Å². The highest BCUT2D eigenvalue weighted by Gasteiger charge is 2.30. The van der Waals surface area contributed by atoms with Crippen molar-refractivity contribution in [3.8, 4) is 0 Å². The van der Waals surface area contributed by atoms with Crippen molar-refractivity contribution in [2.24, 2.45) is 0 Å². The maximum Gasteiger partial charge on any atom is 0.230 e. The van der Waals surface area contributed by atoms with Gasteiger partial charge in [-0.2, -0.15) is 0 Å². The molecule has 4 nitrogen and oxygen atoms in total. The second-order valence-electron chi connectivity index (χ2n) is 4.93. The summed E-state index contributed by atoms with van der Waals surface area (Å²) in [5, 5.41) is 0. The third-order valence-corrected chi connectivity index (χ3v) is 3.71. The zero-order chi connectivity index (χ0) is 12.5. The highest BCUT2D eigenvalue weighted by atomic mass is 16.2. The summed E-state index contributed by atoms with van der Waals surface area (Å²) in [6, 6.07) is 8.37. The monoisotopic (exact) mass is 244 g/mol. The maximum absolute atomic E-state index is 11.6. The smallest absolute Gasteiger partial charge is 0.230 e. The molecule has 18 heavy (non-hydrogen) atoms. The molecule has 0 radical (unpaired) electrons. The van der Waals surface area contributed by atoms with Crippen LogP contribution < -0.4 is 0 Å². The molecule has 0 unspecified atom stereocenters. The third kappa shape index (κ3) is 2.04. The average molecular weight is 244 g/mol. The topological polar surface area (TPSA) is 40.6 Å². The Kier molecular flexibility index (Phi) is 2.88. The van der Waals surface area contributed by atoms with Crippen LogP contribution in [0.1, 0.15) is 24.0 Å². The third-order valence-electron chi connectivity index (χ3n) is 3.71. The van der Waals surface area contributed by atoms with Gasteiger partial charge in [-0.05, 0) is 17.5 Å². The number of imide groups is 1. The van der Waals surface area contributed by atoms with Gasteiger partial charge in [-0.3, -0.25) is 19.4 Å². The van der Waals surface area contributed by atoms with E-state index in [4.69, 9.17) is 0 Å². The molecular weight excluding hydrogens is 228 g/mol. The first-order valence-electron chi connectivity index (χ1n) is 6.36. The summed E-state index contributed by atoms with van der Waals surface area (Å²) in [6.07, 6.45) is 1.75. The lowest BCUT2D eigenvalue weighted by Gasteiger charge is -2.31. The van der Waals surface area contributed by atoms with Crippen molar-refractivity contribution in [3.05, 3.63) is 35.4 Å². The summed E-state index contributed by atoms with van der Waals surface area (Å²) in [5.74, 6) is -0.0577. The van der Waals surface area contributed by atoms with E-state index in [0.29, 0.717) is 19.5 Å². The molecule has 0 aliphatic carbocycles. The molecule has 3 rings (SSSR count). The molecule has 0 atom stereocenters. The molecule has 0 spiro atoms. The van der Waals surface area contributed by atoms with Gasteiger partial charge in [-0.1, -0.05) is 24.3 Å². The number of fused-ring (bicyclic) bond motifs is 1. The molecule has 2 aliphatic rings. The van der Waals surface area contributed by atoms with E-state index in [1.54, 1.807) is 0 Å². The first-order valence-corrected chi connectivity index (χ1v) is 6.36. The van der Waals surface area contributed by atoms with Crippen LogP contribution in [0.15, 0.2) is 24.3 Å². The van der Waals surface area contributed by atoms with Crippen molar-refractivity contribution in [1.82, 2.24) is 9.80 Å². The van der Waals surface area contributed by atoms with Crippen LogP contribution in [0.25, 0.3) is 0 Å². The minimum Gasteiger partial charge on any atom is -0.281 e. The van der Waals surface area contributed by atoms with Gasteiger partial charge in [0.15, 0.2) is 0 Å². The van der Waals surface area contributed by atoms with Gasteiger partial charge in [0.25, 0.3) is 0 Å². The molecule has 1 fully saturated rings. The quantitative estimate of drug-likeness (QED) is 0.733. The highest BCUT2D eigenvalue weighted by molar-refractivity contribution is 6.01. The molecule has 4 heteroatoms. The minimum absolute atomic E-state index is 0.0288. The van der Waals surface area contributed by atoms with Gasteiger partial charge in [-0.25, -0.2) is 0 Å². The Hall–Kier alpha value is -1.68. The van der Waals surface area contributed by atoms with Crippen LogP contribution in [0.4, 0.5) is 0 Å². The predicted octanol–water partition coefficient (Wildman–Crippen LogP) is 1.15. The Balaban J connectivity index is 1.69. The van der Waals surface area contributed by atoms with Gasteiger partial charge < -0.3 is 0 Å². The van der Waals surface area contributed by atoms with Gasteiger partial charge in [0.1, 0.15) is 0 Å². The zero-order valence-corrected chi connectivity index (χ0v) is 10.3. The van der Waals surface area contributed by atoms with Gasteiger partial charge >= 0.3 is 0 Å². The second kappa shape index (κ2) is 4.53. The van der Waals surface area contributed by atoms with E-state index in [1.165, 1.54) is 16.0 Å². The fourth-order valence-corrected chi connectivity index (χ4v) is 2.66. The van der Waals surface area contributed by atoms with E-state index in [0.717, 1.165) is 19.5 Å². The SMILES string of the molecule is O=C1CCC(=O)N1CN1CCc2ccccc2C1. The van der Waals surface area contributed by atoms with Gasteiger partial charge in [0.05, 0.1) is 6.67 Å². The molecule has 94 valence electrons. The molecule has 1 aromatic rings. The first-order chi connectivity index (χ1) is 8.74. The largest absolute Gasteiger partial charge is 0.281 e. The van der Waals surface area contributed by atoms with E-state index in [-0.39, 0.29) is 11.8 Å². The lowest BCUT2D eigenvalue weighted by atomic mass is 10.0. The number of carbonyl (C=O) groups excluding carboxylic acids is 2. The van der Waals surface area contributed by atoms with Crippen LogP contribution in [0, 0.1) is 0 Å². The molecule has 2 aliphatic heterocycles. The lowest BCUT2D eigenvalue weighted by Crippen LogP contribution is -2.42. The number of amides is 2. The Labute approximate surface area is 106 Å². The molecule has 0 saturated carbocycles. The summed E-state index contributed by atoms with van der Waals surface area (Å²) in [4.78, 5) is 26.7. The van der Waals surface area contributed by atoms with E-state index >= 15 is 0 Å². The zero-order valence-electron chi connectivity index (χ0n) is 10.3. The Bertz CT molecular complexity index is 482. The lowest BCUT2D eigenvalue weighted by molar-refractivity contribution is -0.141. The number of nitrogens with zero attached hydrogens (tertiary/aromatic N) is 2. The number of benzene rings is 1. The van der Waals surface area contributed by atoms with Crippen molar-refractivity contribution >= 4 is 11.8 Å². The van der Waals surface area contributed by atoms with Gasteiger partial charge in [0, 0.05) is 25.9 Å². The number of hydrogen-bond donors (Lipinski definition) is 0. The summed E-state index contributed by atoms with van der Waals surface area (Å²) >= 11 is 0. The molecule has 2 heterocycles. The van der Waals surface area contributed by atoms with Crippen LogP contribution in [-0.2, 0) is 22.6 Å². The fraction of sp³-hybridized carbons (Fsp3) is 0.429. The van der Waals surface area contributed by atoms with Crippen LogP contribution in [0.5, 0.6) is 0 Å². The molecule has 0 aromatic heterocycles. The van der Waals surface area contributed by atoms with Crippen molar-refractivity contribution in [2.75, 3.05) is 13.2 Å². The van der Waals surface area contributed by atoms with E-state index in [2.05, 4.69) is 23.1 Å². The maximum atomic E-state index is 11.6. The summed E-state index contributed by atoms with van der Waals surface area (Å²) in [6.45, 7) is 2.19. The number of carbonyl (C=O) groups is 2. The van der Waals surface area contributed by atoms with E-state index in [9.17, 15) is 9.59 Å². The summed E-state index contributed by atoms with van der Waals surface area (Å²) in [5.41, 5.74) is 2.69. The van der Waals surface area contributed by atoms with Gasteiger partial charge in [0.2, 0.25) is 11.8 Å². The second-order valence-corrected chi connectivity index (χ2v) is 4.93. The molecule has 2 amide bonds. The Morgan fingerprint density at radius 2 is 1.61 bits per heavy atom. The molecule has 1 saturated heterocycles. The standard InChI is InChI=1S/C14H16N2O2/c17-13-5-6-14(18)16(13)10-15-8-7-11-3-1-2-4-12(11)9-15/h1-4H,5-10H2. The van der Waals surface area contributed by atoms with Crippen molar-refractivity contribution < 1.29 is 9.59 Å². The van der Waals surface area contributed by atoms with Crippen LogP contribution in [0.3, 0.4) is 0 Å². The molecule has 1 aromatic carbocycles. The highest BCUT2D eigenvalue weighted by Crippen LogP contribution is 2.20. The predicted molar refractivity (Wildman–Crippen MR) is 66.5 cm³/mol. The molecular formula is C14H16N2O2. The normalized spacial score (nSPS) is 20.3.